The van der Waals surface area contributed by atoms with Gasteiger partial charge in [-0.2, -0.15) is 0 Å². The molecule has 1 aliphatic heterocycles. The summed E-state index contributed by atoms with van der Waals surface area (Å²) in [5.74, 6) is -1.01. The first-order chi connectivity index (χ1) is 9.79. The molecule has 1 aromatic carbocycles. The van der Waals surface area contributed by atoms with Crippen molar-refractivity contribution in [2.75, 3.05) is 25.0 Å². The van der Waals surface area contributed by atoms with Crippen LogP contribution in [0.15, 0.2) is 18.2 Å². The van der Waals surface area contributed by atoms with Crippen LogP contribution in [0.25, 0.3) is 0 Å². The topological polar surface area (TPSA) is 78.9 Å². The minimum atomic E-state index is -1.01. The highest BCUT2D eigenvalue weighted by molar-refractivity contribution is 5.91. The molecule has 0 aliphatic carbocycles. The number of rotatable bonds is 4. The van der Waals surface area contributed by atoms with E-state index in [0.29, 0.717) is 13.1 Å². The van der Waals surface area contributed by atoms with Gasteiger partial charge >= 0.3 is 12.0 Å². The molecule has 0 spiro atoms. The highest BCUT2D eigenvalue weighted by atomic mass is 16.5. The molecular formula is C15H20N2O4. The van der Waals surface area contributed by atoms with Crippen molar-refractivity contribution < 1.29 is 19.4 Å². The van der Waals surface area contributed by atoms with Gasteiger partial charge in [-0.05, 0) is 38.0 Å². The molecule has 0 radical (unpaired) electrons. The van der Waals surface area contributed by atoms with Crippen LogP contribution in [0.5, 0.6) is 0 Å². The van der Waals surface area contributed by atoms with E-state index in [1.54, 1.807) is 11.8 Å². The molecule has 1 fully saturated rings. The summed E-state index contributed by atoms with van der Waals surface area (Å²) < 4.78 is 5.28. The Balaban J connectivity index is 1.89. The molecule has 114 valence electrons. The number of benzene rings is 1. The van der Waals surface area contributed by atoms with Gasteiger partial charge in [0, 0.05) is 5.69 Å². The van der Waals surface area contributed by atoms with Crippen LogP contribution in [0, 0.1) is 13.8 Å². The van der Waals surface area contributed by atoms with Crippen molar-refractivity contribution in [1.82, 2.24) is 4.90 Å². The molecular weight excluding hydrogens is 272 g/mol. The molecule has 6 heteroatoms. The lowest BCUT2D eigenvalue weighted by molar-refractivity contribution is -0.159. The van der Waals surface area contributed by atoms with Gasteiger partial charge in [0.15, 0.2) is 0 Å². The fraction of sp³-hybridized carbons (Fsp3) is 0.467. The Morgan fingerprint density at radius 3 is 2.67 bits per heavy atom. The van der Waals surface area contributed by atoms with E-state index in [-0.39, 0.29) is 12.6 Å². The first kappa shape index (κ1) is 15.3. The molecule has 2 amide bonds. The molecule has 2 rings (SSSR count). The fourth-order valence-electron chi connectivity index (χ4n) is 2.30. The Morgan fingerprint density at radius 1 is 1.38 bits per heavy atom. The maximum absolute atomic E-state index is 12.1. The van der Waals surface area contributed by atoms with Crippen molar-refractivity contribution in [3.8, 4) is 0 Å². The second kappa shape index (κ2) is 5.73. The number of hydrogen-bond acceptors (Lipinski definition) is 3. The smallest absolute Gasteiger partial charge is 0.329 e. The number of carbonyl (C=O) groups is 2. The lowest BCUT2D eigenvalue weighted by Gasteiger charge is -2.47. The van der Waals surface area contributed by atoms with Gasteiger partial charge in [-0.1, -0.05) is 12.1 Å². The maximum Gasteiger partial charge on any atom is 0.329 e. The number of anilines is 1. The third kappa shape index (κ3) is 3.72. The number of aliphatic carboxylic acids is 1. The zero-order chi connectivity index (χ0) is 15.6. The van der Waals surface area contributed by atoms with Crippen LogP contribution in [-0.4, -0.2) is 47.3 Å². The van der Waals surface area contributed by atoms with Crippen molar-refractivity contribution in [3.63, 3.8) is 0 Å². The van der Waals surface area contributed by atoms with Crippen LogP contribution in [0.2, 0.25) is 0 Å². The molecule has 1 aliphatic rings. The average Bonchev–Trinajstić information content (AvgIpc) is 2.37. The number of carboxylic acid groups (broad SMARTS) is 1. The van der Waals surface area contributed by atoms with Gasteiger partial charge in [-0.15, -0.1) is 0 Å². The minimum Gasteiger partial charge on any atom is -0.480 e. The van der Waals surface area contributed by atoms with Gasteiger partial charge in [0.1, 0.15) is 12.2 Å². The van der Waals surface area contributed by atoms with Crippen molar-refractivity contribution in [2.45, 2.75) is 26.4 Å². The quantitative estimate of drug-likeness (QED) is 0.889. The maximum atomic E-state index is 12.1. The van der Waals surface area contributed by atoms with Gasteiger partial charge in [0.05, 0.1) is 13.1 Å². The Bertz CT molecular complexity index is 565. The molecule has 1 heterocycles. The molecule has 0 atom stereocenters. The summed E-state index contributed by atoms with van der Waals surface area (Å²) in [6, 6.07) is 5.68. The standard InChI is InChI=1S/C15H20N2O4/c1-10-4-5-11(2)12(6-10)16-14(20)17-8-15(3,9-17)21-7-13(18)19/h4-6H,7-9H2,1-3H3,(H,16,20)(H,18,19). The number of nitrogens with zero attached hydrogens (tertiary/aromatic N) is 1. The van der Waals surface area contributed by atoms with E-state index in [9.17, 15) is 9.59 Å². The lowest BCUT2D eigenvalue weighted by Crippen LogP contribution is -2.64. The number of nitrogens with one attached hydrogen (secondary N) is 1. The first-order valence-corrected chi connectivity index (χ1v) is 6.78. The van der Waals surface area contributed by atoms with Gasteiger partial charge in [-0.25, -0.2) is 9.59 Å². The van der Waals surface area contributed by atoms with Crippen LogP contribution in [0.3, 0.4) is 0 Å². The Hall–Kier alpha value is -2.08. The predicted molar refractivity (Wildman–Crippen MR) is 78.5 cm³/mol. The van der Waals surface area contributed by atoms with E-state index in [1.807, 2.05) is 32.0 Å². The van der Waals surface area contributed by atoms with Crippen LogP contribution in [-0.2, 0) is 9.53 Å². The van der Waals surface area contributed by atoms with E-state index in [2.05, 4.69) is 5.32 Å². The van der Waals surface area contributed by atoms with Crippen LogP contribution in [0.1, 0.15) is 18.1 Å². The number of likely N-dealkylation sites (tertiary alicyclic amines) is 1. The molecule has 0 aromatic heterocycles. The molecule has 1 saturated heterocycles. The molecule has 21 heavy (non-hydrogen) atoms. The molecule has 0 saturated carbocycles. The SMILES string of the molecule is Cc1ccc(C)c(NC(=O)N2CC(C)(OCC(=O)O)C2)c1. The third-order valence-corrected chi connectivity index (χ3v) is 3.52. The van der Waals surface area contributed by atoms with E-state index < -0.39 is 11.6 Å². The highest BCUT2D eigenvalue weighted by Gasteiger charge is 2.42. The summed E-state index contributed by atoms with van der Waals surface area (Å²) in [6.07, 6.45) is 0. The normalized spacial score (nSPS) is 16.2. The Labute approximate surface area is 123 Å². The van der Waals surface area contributed by atoms with E-state index >= 15 is 0 Å². The van der Waals surface area contributed by atoms with Gasteiger partial charge in [-0.3, -0.25) is 0 Å². The summed E-state index contributed by atoms with van der Waals surface area (Å²) in [5.41, 5.74) is 2.30. The van der Waals surface area contributed by atoms with Crippen molar-refractivity contribution in [1.29, 1.82) is 0 Å². The number of hydrogen-bond donors (Lipinski definition) is 2. The molecule has 1 aromatic rings. The second-order valence-electron chi connectivity index (χ2n) is 5.74. The van der Waals surface area contributed by atoms with Gasteiger partial charge in [0.25, 0.3) is 0 Å². The van der Waals surface area contributed by atoms with Crippen molar-refractivity contribution >= 4 is 17.7 Å². The van der Waals surface area contributed by atoms with E-state index in [4.69, 9.17) is 9.84 Å². The Morgan fingerprint density at radius 2 is 2.05 bits per heavy atom. The summed E-state index contributed by atoms with van der Waals surface area (Å²) >= 11 is 0. The number of aryl methyl sites for hydroxylation is 2. The highest BCUT2D eigenvalue weighted by Crippen LogP contribution is 2.26. The zero-order valence-corrected chi connectivity index (χ0v) is 12.5. The second-order valence-corrected chi connectivity index (χ2v) is 5.74. The van der Waals surface area contributed by atoms with Gasteiger partial charge < -0.3 is 20.1 Å². The predicted octanol–water partition coefficient (Wildman–Crippen LogP) is 2.01. The van der Waals surface area contributed by atoms with Gasteiger partial charge in [0.2, 0.25) is 0 Å². The van der Waals surface area contributed by atoms with Crippen LogP contribution in [0.4, 0.5) is 10.5 Å². The van der Waals surface area contributed by atoms with E-state index in [1.165, 1.54) is 0 Å². The lowest BCUT2D eigenvalue weighted by atomic mass is 9.97. The average molecular weight is 292 g/mol. The van der Waals surface area contributed by atoms with Crippen molar-refractivity contribution in [2.24, 2.45) is 0 Å². The largest absolute Gasteiger partial charge is 0.480 e. The molecule has 0 bridgehead atoms. The third-order valence-electron chi connectivity index (χ3n) is 3.52. The number of carboxylic acids is 1. The number of carbonyl (C=O) groups excluding carboxylic acids is 1. The fourth-order valence-corrected chi connectivity index (χ4v) is 2.30. The minimum absolute atomic E-state index is 0.194. The number of urea groups is 1. The number of amides is 2. The zero-order valence-electron chi connectivity index (χ0n) is 12.5. The summed E-state index contributed by atoms with van der Waals surface area (Å²) in [5, 5.41) is 11.5. The molecule has 6 nitrogen and oxygen atoms in total. The first-order valence-electron chi connectivity index (χ1n) is 6.78. The molecule has 0 unspecified atom stereocenters. The van der Waals surface area contributed by atoms with Crippen molar-refractivity contribution in [3.05, 3.63) is 29.3 Å². The summed E-state index contributed by atoms with van der Waals surface area (Å²) in [6.45, 7) is 6.13. The van der Waals surface area contributed by atoms with Crippen LogP contribution >= 0.6 is 0 Å². The summed E-state index contributed by atoms with van der Waals surface area (Å²) in [4.78, 5) is 24.2. The Kier molecular flexibility index (Phi) is 4.18. The summed E-state index contributed by atoms with van der Waals surface area (Å²) in [7, 11) is 0. The number of ether oxygens (including phenoxy) is 1. The van der Waals surface area contributed by atoms with E-state index in [0.717, 1.165) is 16.8 Å². The molecule has 2 N–H and O–H groups in total. The van der Waals surface area contributed by atoms with Crippen LogP contribution < -0.4 is 5.32 Å². The monoisotopic (exact) mass is 292 g/mol.